The van der Waals surface area contributed by atoms with E-state index in [1.54, 1.807) is 12.1 Å². The fourth-order valence-electron chi connectivity index (χ4n) is 2.15. The van der Waals surface area contributed by atoms with Gasteiger partial charge in [0.25, 0.3) is 0 Å². The Labute approximate surface area is 93.2 Å². The number of nitrogens with zero attached hydrogens (tertiary/aromatic N) is 3. The molecule has 1 unspecified atom stereocenters. The van der Waals surface area contributed by atoms with Crippen LogP contribution in [-0.4, -0.2) is 29.0 Å². The van der Waals surface area contributed by atoms with Gasteiger partial charge in [-0.3, -0.25) is 0 Å². The average Bonchev–Trinajstić information content (AvgIpc) is 2.76. The smallest absolute Gasteiger partial charge is 0.360 e. The lowest BCUT2D eigenvalue weighted by Gasteiger charge is -2.24. The van der Waals surface area contributed by atoms with Crippen LogP contribution in [0.4, 0.5) is 11.5 Å². The molecule has 0 radical (unpaired) electrons. The predicted molar refractivity (Wildman–Crippen MR) is 60.3 cm³/mol. The SMILES string of the molecule is NCC1CCCN1c1cccnc1[N+](=O)[O-]. The second-order valence-electron chi connectivity index (χ2n) is 3.83. The Morgan fingerprint density at radius 2 is 2.50 bits per heavy atom. The van der Waals surface area contributed by atoms with Crippen LogP contribution in [0.2, 0.25) is 0 Å². The van der Waals surface area contributed by atoms with Gasteiger partial charge in [-0.05, 0) is 34.9 Å². The third kappa shape index (κ3) is 1.83. The van der Waals surface area contributed by atoms with E-state index in [0.717, 1.165) is 19.4 Å². The number of pyridine rings is 1. The molecule has 6 heteroatoms. The van der Waals surface area contributed by atoms with Crippen molar-refractivity contribution in [3.8, 4) is 0 Å². The Hall–Kier alpha value is -1.69. The molecule has 2 N–H and O–H groups in total. The van der Waals surface area contributed by atoms with E-state index < -0.39 is 4.92 Å². The summed E-state index contributed by atoms with van der Waals surface area (Å²) in [6.07, 6.45) is 3.45. The summed E-state index contributed by atoms with van der Waals surface area (Å²) in [5.41, 5.74) is 6.24. The van der Waals surface area contributed by atoms with Crippen LogP contribution in [0, 0.1) is 10.1 Å². The van der Waals surface area contributed by atoms with Crippen molar-refractivity contribution in [1.82, 2.24) is 4.98 Å². The topological polar surface area (TPSA) is 85.3 Å². The van der Waals surface area contributed by atoms with Crippen molar-refractivity contribution in [3.63, 3.8) is 0 Å². The minimum atomic E-state index is -0.443. The summed E-state index contributed by atoms with van der Waals surface area (Å²) in [4.78, 5) is 16.2. The van der Waals surface area contributed by atoms with Gasteiger partial charge in [0.2, 0.25) is 0 Å². The van der Waals surface area contributed by atoms with Crippen molar-refractivity contribution < 1.29 is 4.92 Å². The fourth-order valence-corrected chi connectivity index (χ4v) is 2.15. The maximum Gasteiger partial charge on any atom is 0.387 e. The van der Waals surface area contributed by atoms with Gasteiger partial charge in [0.15, 0.2) is 0 Å². The van der Waals surface area contributed by atoms with Crippen molar-refractivity contribution in [2.75, 3.05) is 18.0 Å². The highest BCUT2D eigenvalue weighted by Crippen LogP contribution is 2.31. The largest absolute Gasteiger partial charge is 0.387 e. The quantitative estimate of drug-likeness (QED) is 0.607. The van der Waals surface area contributed by atoms with Crippen molar-refractivity contribution in [2.45, 2.75) is 18.9 Å². The molecule has 0 aromatic carbocycles. The van der Waals surface area contributed by atoms with Crippen molar-refractivity contribution in [1.29, 1.82) is 0 Å². The molecule has 1 aromatic rings. The van der Waals surface area contributed by atoms with Crippen LogP contribution >= 0.6 is 0 Å². The van der Waals surface area contributed by atoms with E-state index in [1.807, 2.05) is 4.90 Å². The summed E-state index contributed by atoms with van der Waals surface area (Å²) < 4.78 is 0. The molecular weight excluding hydrogens is 208 g/mol. The second-order valence-corrected chi connectivity index (χ2v) is 3.83. The summed E-state index contributed by atoms with van der Waals surface area (Å²) in [7, 11) is 0. The van der Waals surface area contributed by atoms with E-state index in [4.69, 9.17) is 5.73 Å². The molecule has 0 saturated carbocycles. The Bertz CT molecular complexity index is 396. The second kappa shape index (κ2) is 4.44. The molecule has 1 saturated heterocycles. The molecule has 1 aliphatic rings. The van der Waals surface area contributed by atoms with Crippen LogP contribution in [0.15, 0.2) is 18.3 Å². The summed E-state index contributed by atoms with van der Waals surface area (Å²) in [5, 5.41) is 10.9. The highest BCUT2D eigenvalue weighted by atomic mass is 16.6. The van der Waals surface area contributed by atoms with Gasteiger partial charge >= 0.3 is 5.82 Å². The molecule has 6 nitrogen and oxygen atoms in total. The summed E-state index contributed by atoms with van der Waals surface area (Å²) in [6, 6.07) is 3.65. The normalized spacial score (nSPS) is 20.1. The maximum atomic E-state index is 10.9. The zero-order valence-electron chi connectivity index (χ0n) is 8.87. The number of nitro groups is 1. The average molecular weight is 222 g/mol. The zero-order valence-corrected chi connectivity index (χ0v) is 8.87. The van der Waals surface area contributed by atoms with E-state index in [9.17, 15) is 10.1 Å². The van der Waals surface area contributed by atoms with Crippen LogP contribution in [-0.2, 0) is 0 Å². The minimum absolute atomic E-state index is 0.0807. The molecule has 0 bridgehead atoms. The monoisotopic (exact) mass is 222 g/mol. The van der Waals surface area contributed by atoms with Crippen LogP contribution in [0.5, 0.6) is 0 Å². The van der Waals surface area contributed by atoms with E-state index in [-0.39, 0.29) is 11.9 Å². The van der Waals surface area contributed by atoms with E-state index >= 15 is 0 Å². The molecular formula is C10H14N4O2. The number of hydrogen-bond acceptors (Lipinski definition) is 5. The molecule has 1 aliphatic heterocycles. The lowest BCUT2D eigenvalue weighted by Crippen LogP contribution is -2.35. The van der Waals surface area contributed by atoms with Crippen LogP contribution in [0.1, 0.15) is 12.8 Å². The van der Waals surface area contributed by atoms with Crippen LogP contribution in [0.25, 0.3) is 0 Å². The van der Waals surface area contributed by atoms with Gasteiger partial charge in [0.05, 0.1) is 0 Å². The first-order valence-corrected chi connectivity index (χ1v) is 5.30. The standard InChI is InChI=1S/C10H14N4O2/c11-7-8-3-2-6-13(8)9-4-1-5-12-10(9)14(15)16/h1,4-5,8H,2-3,6-7,11H2. The Morgan fingerprint density at radius 1 is 1.69 bits per heavy atom. The molecule has 2 heterocycles. The van der Waals surface area contributed by atoms with Crippen LogP contribution < -0.4 is 10.6 Å². The molecule has 1 fully saturated rings. The predicted octanol–water partition coefficient (Wildman–Crippen LogP) is 0.917. The number of hydrogen-bond donors (Lipinski definition) is 1. The highest BCUT2D eigenvalue weighted by molar-refractivity contribution is 5.60. The van der Waals surface area contributed by atoms with Gasteiger partial charge in [-0.2, -0.15) is 0 Å². The molecule has 2 rings (SSSR count). The van der Waals surface area contributed by atoms with Crippen molar-refractivity contribution in [3.05, 3.63) is 28.4 Å². The lowest BCUT2D eigenvalue weighted by atomic mass is 10.2. The molecule has 0 amide bonds. The first kappa shape index (κ1) is 10.8. The molecule has 0 spiro atoms. The van der Waals surface area contributed by atoms with Gasteiger partial charge in [-0.15, -0.1) is 0 Å². The number of aromatic nitrogens is 1. The zero-order chi connectivity index (χ0) is 11.5. The van der Waals surface area contributed by atoms with Gasteiger partial charge < -0.3 is 20.7 Å². The first-order valence-electron chi connectivity index (χ1n) is 5.30. The van der Waals surface area contributed by atoms with E-state index in [0.29, 0.717) is 12.2 Å². The third-order valence-electron chi connectivity index (χ3n) is 2.90. The fraction of sp³-hybridized carbons (Fsp3) is 0.500. The lowest BCUT2D eigenvalue weighted by molar-refractivity contribution is -0.388. The number of anilines is 1. The van der Waals surface area contributed by atoms with E-state index in [2.05, 4.69) is 4.98 Å². The Balaban J connectivity index is 2.35. The summed E-state index contributed by atoms with van der Waals surface area (Å²) in [5.74, 6) is -0.0807. The van der Waals surface area contributed by atoms with Crippen molar-refractivity contribution in [2.24, 2.45) is 5.73 Å². The maximum absolute atomic E-state index is 10.9. The van der Waals surface area contributed by atoms with E-state index in [1.165, 1.54) is 6.20 Å². The van der Waals surface area contributed by atoms with Gasteiger partial charge in [-0.1, -0.05) is 0 Å². The number of nitrogens with two attached hydrogens (primary N) is 1. The minimum Gasteiger partial charge on any atom is -0.360 e. The Morgan fingerprint density at radius 3 is 3.19 bits per heavy atom. The van der Waals surface area contributed by atoms with Crippen molar-refractivity contribution >= 4 is 11.5 Å². The Kier molecular flexibility index (Phi) is 3.00. The first-order chi connectivity index (χ1) is 7.74. The molecule has 1 aromatic heterocycles. The molecule has 86 valence electrons. The van der Waals surface area contributed by atoms with Gasteiger partial charge in [-0.25, -0.2) is 0 Å². The third-order valence-corrected chi connectivity index (χ3v) is 2.90. The summed E-state index contributed by atoms with van der Waals surface area (Å²) >= 11 is 0. The highest BCUT2D eigenvalue weighted by Gasteiger charge is 2.29. The number of rotatable bonds is 3. The van der Waals surface area contributed by atoms with Crippen LogP contribution in [0.3, 0.4) is 0 Å². The van der Waals surface area contributed by atoms with Gasteiger partial charge in [0.1, 0.15) is 11.9 Å². The van der Waals surface area contributed by atoms with Gasteiger partial charge in [0, 0.05) is 19.1 Å². The summed E-state index contributed by atoms with van der Waals surface area (Å²) in [6.45, 7) is 1.33. The molecule has 16 heavy (non-hydrogen) atoms. The molecule has 0 aliphatic carbocycles. The molecule has 1 atom stereocenters.